The van der Waals surface area contributed by atoms with Gasteiger partial charge in [0.25, 0.3) is 5.91 Å². The number of halogens is 4. The first-order valence-corrected chi connectivity index (χ1v) is 9.87. The Labute approximate surface area is 186 Å². The van der Waals surface area contributed by atoms with Crippen molar-refractivity contribution in [1.82, 2.24) is 4.98 Å². The molecule has 1 aliphatic heterocycles. The normalized spacial score (nSPS) is 13.2. The van der Waals surface area contributed by atoms with Gasteiger partial charge in [0.2, 0.25) is 0 Å². The summed E-state index contributed by atoms with van der Waals surface area (Å²) < 4.78 is 49.2. The van der Waals surface area contributed by atoms with E-state index in [2.05, 4.69) is 10.3 Å². The van der Waals surface area contributed by atoms with E-state index in [0.717, 1.165) is 12.1 Å². The minimum atomic E-state index is -4.45. The predicted octanol–water partition coefficient (Wildman–Crippen LogP) is 5.55. The first kappa shape index (κ1) is 21.8. The number of nitrogens with zero attached hydrogens (tertiary/aromatic N) is 2. The van der Waals surface area contributed by atoms with E-state index in [-0.39, 0.29) is 17.9 Å². The smallest absolute Gasteiger partial charge is 0.416 e. The van der Waals surface area contributed by atoms with E-state index < -0.39 is 17.6 Å². The molecule has 6 nitrogen and oxygen atoms in total. The van der Waals surface area contributed by atoms with Gasteiger partial charge in [-0.05, 0) is 36.4 Å². The summed E-state index contributed by atoms with van der Waals surface area (Å²) in [5.74, 6) is 0.809. The van der Waals surface area contributed by atoms with Gasteiger partial charge in [0.15, 0.2) is 11.6 Å². The Morgan fingerprint density at radius 1 is 1.22 bits per heavy atom. The Bertz CT molecular complexity index is 1150. The van der Waals surface area contributed by atoms with Crippen molar-refractivity contribution in [3.8, 4) is 11.5 Å². The Hall–Kier alpha value is -3.46. The highest BCUT2D eigenvalue weighted by Crippen LogP contribution is 2.41. The number of carbonyl (C=O) groups excluding carboxylic acids is 1. The van der Waals surface area contributed by atoms with Crippen LogP contribution in [0, 0.1) is 0 Å². The molecule has 2 aromatic carbocycles. The number of methoxy groups -OCH3 is 1. The predicted molar refractivity (Wildman–Crippen MR) is 114 cm³/mol. The molecule has 32 heavy (non-hydrogen) atoms. The van der Waals surface area contributed by atoms with E-state index in [1.165, 1.54) is 25.4 Å². The van der Waals surface area contributed by atoms with Crippen molar-refractivity contribution < 1.29 is 27.4 Å². The van der Waals surface area contributed by atoms with Crippen molar-refractivity contribution >= 4 is 34.7 Å². The summed E-state index contributed by atoms with van der Waals surface area (Å²) in [6.07, 6.45) is -2.91. The lowest BCUT2D eigenvalue weighted by Crippen LogP contribution is -2.30. The number of ether oxygens (including phenoxy) is 2. The monoisotopic (exact) mass is 463 g/mol. The Balaban J connectivity index is 1.62. The van der Waals surface area contributed by atoms with E-state index >= 15 is 0 Å². The lowest BCUT2D eigenvalue weighted by molar-refractivity contribution is -0.137. The average Bonchev–Trinajstić information content (AvgIpc) is 2.78. The standard InChI is InChI=1S/C22H17ClF3N3O3/c1-31-15-11-17(23)20(27-12-15)29-9-10-32-19-16(3-2-4-18(19)29)21(30)28-14-7-5-13(6-8-14)22(24,25)26/h2-8,11-12H,9-10H2,1H3,(H,28,30). The number of rotatable bonds is 4. The molecule has 0 saturated heterocycles. The minimum absolute atomic E-state index is 0.230. The lowest BCUT2D eigenvalue weighted by atomic mass is 10.1. The van der Waals surface area contributed by atoms with Crippen LogP contribution in [0.3, 0.4) is 0 Å². The Kier molecular flexibility index (Phi) is 5.84. The molecule has 10 heteroatoms. The third-order valence-electron chi connectivity index (χ3n) is 4.85. The fourth-order valence-electron chi connectivity index (χ4n) is 3.31. The Morgan fingerprint density at radius 2 is 1.97 bits per heavy atom. The zero-order valence-electron chi connectivity index (χ0n) is 16.7. The molecule has 1 amide bonds. The molecule has 0 atom stereocenters. The number of hydrogen-bond donors (Lipinski definition) is 1. The molecule has 166 valence electrons. The van der Waals surface area contributed by atoms with Crippen molar-refractivity contribution in [3.63, 3.8) is 0 Å². The largest absolute Gasteiger partial charge is 0.495 e. The van der Waals surface area contributed by atoms with Gasteiger partial charge in [-0.2, -0.15) is 13.2 Å². The van der Waals surface area contributed by atoms with Gasteiger partial charge < -0.3 is 19.7 Å². The molecule has 0 radical (unpaired) electrons. The van der Waals surface area contributed by atoms with Crippen LogP contribution in [0.25, 0.3) is 0 Å². The molecule has 3 aromatic rings. The molecule has 0 saturated carbocycles. The van der Waals surface area contributed by atoms with Gasteiger partial charge in [0.05, 0.1) is 41.7 Å². The molecule has 1 aromatic heterocycles. The van der Waals surface area contributed by atoms with Crippen LogP contribution in [0.1, 0.15) is 15.9 Å². The maximum atomic E-state index is 12.9. The number of hydrogen-bond acceptors (Lipinski definition) is 5. The molecule has 0 bridgehead atoms. The van der Waals surface area contributed by atoms with Crippen LogP contribution in [0.15, 0.2) is 54.7 Å². The van der Waals surface area contributed by atoms with Crippen LogP contribution in [-0.2, 0) is 6.18 Å². The number of amides is 1. The van der Waals surface area contributed by atoms with E-state index in [4.69, 9.17) is 21.1 Å². The highest BCUT2D eigenvalue weighted by atomic mass is 35.5. The van der Waals surface area contributed by atoms with Crippen LogP contribution >= 0.6 is 11.6 Å². The molecular formula is C22H17ClF3N3O3. The van der Waals surface area contributed by atoms with Crippen molar-refractivity contribution in [2.45, 2.75) is 6.18 Å². The fraction of sp³-hybridized carbons (Fsp3) is 0.182. The second kappa shape index (κ2) is 8.58. The van der Waals surface area contributed by atoms with Gasteiger partial charge in [0.1, 0.15) is 12.4 Å². The molecule has 4 rings (SSSR count). The van der Waals surface area contributed by atoms with Crippen molar-refractivity contribution in [1.29, 1.82) is 0 Å². The molecule has 0 unspecified atom stereocenters. The van der Waals surface area contributed by atoms with Crippen LogP contribution in [0.2, 0.25) is 5.02 Å². The third-order valence-corrected chi connectivity index (χ3v) is 5.13. The maximum Gasteiger partial charge on any atom is 0.416 e. The fourth-order valence-corrected chi connectivity index (χ4v) is 3.57. The molecule has 0 spiro atoms. The number of fused-ring (bicyclic) bond motifs is 1. The molecule has 0 aliphatic carbocycles. The highest BCUT2D eigenvalue weighted by molar-refractivity contribution is 6.33. The lowest BCUT2D eigenvalue weighted by Gasteiger charge is -2.32. The molecule has 0 fully saturated rings. The van der Waals surface area contributed by atoms with Gasteiger partial charge in [0, 0.05) is 11.8 Å². The SMILES string of the molecule is COc1cnc(N2CCOc3c(C(=O)Nc4ccc(C(F)(F)F)cc4)cccc32)c(Cl)c1. The number of aromatic nitrogens is 1. The second-order valence-electron chi connectivity index (χ2n) is 6.86. The molecule has 1 aliphatic rings. The zero-order chi connectivity index (χ0) is 22.9. The highest BCUT2D eigenvalue weighted by Gasteiger charge is 2.30. The summed E-state index contributed by atoms with van der Waals surface area (Å²) >= 11 is 6.38. The zero-order valence-corrected chi connectivity index (χ0v) is 17.5. The van der Waals surface area contributed by atoms with Crippen LogP contribution < -0.4 is 19.7 Å². The molecular weight excluding hydrogens is 447 g/mol. The molecule has 2 heterocycles. The summed E-state index contributed by atoms with van der Waals surface area (Å²) in [5.41, 5.74) is 0.260. The number of para-hydroxylation sites is 1. The van der Waals surface area contributed by atoms with Crippen LogP contribution in [-0.4, -0.2) is 31.2 Å². The number of carbonyl (C=O) groups is 1. The number of anilines is 3. The quantitative estimate of drug-likeness (QED) is 0.550. The van der Waals surface area contributed by atoms with Crippen molar-refractivity contribution in [3.05, 3.63) is 70.9 Å². The minimum Gasteiger partial charge on any atom is -0.495 e. The number of benzene rings is 2. The van der Waals surface area contributed by atoms with Gasteiger partial charge in [-0.3, -0.25) is 4.79 Å². The van der Waals surface area contributed by atoms with Crippen LogP contribution in [0.5, 0.6) is 11.5 Å². The van der Waals surface area contributed by atoms with E-state index in [0.29, 0.717) is 34.6 Å². The Morgan fingerprint density at radius 3 is 2.62 bits per heavy atom. The summed E-state index contributed by atoms with van der Waals surface area (Å²) in [7, 11) is 1.51. The third kappa shape index (κ3) is 4.29. The van der Waals surface area contributed by atoms with Gasteiger partial charge >= 0.3 is 6.18 Å². The number of pyridine rings is 1. The van der Waals surface area contributed by atoms with Gasteiger partial charge in [-0.1, -0.05) is 17.7 Å². The van der Waals surface area contributed by atoms with E-state index in [1.54, 1.807) is 24.3 Å². The average molecular weight is 464 g/mol. The maximum absolute atomic E-state index is 12.9. The van der Waals surface area contributed by atoms with E-state index in [1.807, 2.05) is 4.90 Å². The molecule has 1 N–H and O–H groups in total. The number of alkyl halides is 3. The summed E-state index contributed by atoms with van der Waals surface area (Å²) in [4.78, 5) is 19.1. The van der Waals surface area contributed by atoms with Gasteiger partial charge in [-0.25, -0.2) is 4.98 Å². The summed E-state index contributed by atoms with van der Waals surface area (Å²) in [6, 6.07) is 10.9. The van der Waals surface area contributed by atoms with Crippen molar-refractivity contribution in [2.75, 3.05) is 30.5 Å². The van der Waals surface area contributed by atoms with Crippen molar-refractivity contribution in [2.24, 2.45) is 0 Å². The van der Waals surface area contributed by atoms with E-state index in [9.17, 15) is 18.0 Å². The van der Waals surface area contributed by atoms with Crippen LogP contribution in [0.4, 0.5) is 30.4 Å². The topological polar surface area (TPSA) is 63.7 Å². The van der Waals surface area contributed by atoms with Gasteiger partial charge in [-0.15, -0.1) is 0 Å². The first-order chi connectivity index (χ1) is 15.3. The second-order valence-corrected chi connectivity index (χ2v) is 7.27. The first-order valence-electron chi connectivity index (χ1n) is 9.49. The summed E-state index contributed by atoms with van der Waals surface area (Å²) in [6.45, 7) is 0.734. The number of nitrogens with one attached hydrogen (secondary N) is 1. The summed E-state index contributed by atoms with van der Waals surface area (Å²) in [5, 5.41) is 2.98.